The van der Waals surface area contributed by atoms with Gasteiger partial charge in [0.2, 0.25) is 0 Å². The largest absolute Gasteiger partial charge is 1.00 e. The van der Waals surface area contributed by atoms with Crippen LogP contribution in [-0.4, -0.2) is 10.5 Å². The van der Waals surface area contributed by atoms with Crippen LogP contribution in [0, 0.1) is 10.8 Å². The van der Waals surface area contributed by atoms with Gasteiger partial charge < -0.3 is 24.8 Å². The molecule has 0 heterocycles. The van der Waals surface area contributed by atoms with Crippen molar-refractivity contribution in [2.45, 2.75) is 72.5 Å². The molecule has 2 aliphatic carbocycles. The smallest absolute Gasteiger partial charge is 1.00 e. The fourth-order valence-corrected chi connectivity index (χ4v) is 5.79. The van der Waals surface area contributed by atoms with Crippen LogP contribution in [0.15, 0.2) is 44.9 Å². The van der Waals surface area contributed by atoms with Crippen molar-refractivity contribution < 1.29 is 45.2 Å². The van der Waals surface area contributed by atoms with E-state index in [2.05, 4.69) is 105 Å². The predicted molar refractivity (Wildman–Crippen MR) is 106 cm³/mol. The summed E-state index contributed by atoms with van der Waals surface area (Å²) in [5.74, 6) is 1.17. The maximum atomic E-state index is 2.54. The summed E-state index contributed by atoms with van der Waals surface area (Å²) in [6, 6.07) is 0. The molecule has 0 saturated carbocycles. The maximum Gasteiger partial charge on any atom is -1.00 e. The fourth-order valence-electron chi connectivity index (χ4n) is 3.81. The summed E-state index contributed by atoms with van der Waals surface area (Å²) in [7, 11) is 0. The van der Waals surface area contributed by atoms with Crippen LogP contribution in [0.2, 0.25) is 0 Å². The number of allylic oxidation sites excluding steroid dienone is 7. The second kappa shape index (κ2) is 9.88. The molecular weight excluding hydrogens is 415 g/mol. The van der Waals surface area contributed by atoms with Gasteiger partial charge in [0.05, 0.1) is 0 Å². The van der Waals surface area contributed by atoms with Gasteiger partial charge in [0.1, 0.15) is 0 Å². The SMILES string of the molecule is CCSC1(CC2=[C]([Ti+2])CC=C2)CC=C(C(C)(C)C)C=C1C(C)(C)C.[Cl-].[Cl-]. The van der Waals surface area contributed by atoms with Crippen LogP contribution < -0.4 is 24.8 Å². The molecule has 2 aliphatic rings. The average molecular weight is 448 g/mol. The van der Waals surface area contributed by atoms with E-state index in [-0.39, 0.29) is 40.4 Å². The van der Waals surface area contributed by atoms with E-state index in [0.717, 1.165) is 12.8 Å². The minimum absolute atomic E-state index is 0. The van der Waals surface area contributed by atoms with E-state index in [1.807, 2.05) is 0 Å². The summed E-state index contributed by atoms with van der Waals surface area (Å²) >= 11 is 4.46. The first kappa shape index (κ1) is 26.6. The Morgan fingerprint density at radius 3 is 2.12 bits per heavy atom. The molecule has 0 fully saturated rings. The molecule has 26 heavy (non-hydrogen) atoms. The Kier molecular flexibility index (Phi) is 10.1. The third-order valence-corrected chi connectivity index (χ3v) is 7.23. The molecule has 0 aromatic rings. The zero-order valence-electron chi connectivity index (χ0n) is 17.3. The Morgan fingerprint density at radius 2 is 1.69 bits per heavy atom. The number of rotatable bonds is 4. The Bertz CT molecular complexity index is 615. The molecule has 0 amide bonds. The van der Waals surface area contributed by atoms with Crippen LogP contribution in [-0.2, 0) is 20.4 Å². The second-order valence-electron chi connectivity index (χ2n) is 9.14. The van der Waals surface area contributed by atoms with Crippen molar-refractivity contribution in [2.75, 3.05) is 5.75 Å². The van der Waals surface area contributed by atoms with E-state index in [1.54, 1.807) is 15.0 Å². The van der Waals surface area contributed by atoms with Crippen molar-refractivity contribution >= 4 is 11.8 Å². The standard InChI is InChI=1S/C22H33S.2ClH.Ti/c1-8-23-22(16-17-11-9-10-12-17)14-13-18(20(2,3)4)15-19(22)21(5,6)7;;;/h9,11,13,15H,8,10,14,16H2,1-7H3;2*1H;/q;;;+2/p-2. The Hall–Kier alpha value is 0.604. The van der Waals surface area contributed by atoms with E-state index < -0.39 is 0 Å². The molecule has 2 rings (SSSR count). The maximum absolute atomic E-state index is 2.54. The van der Waals surface area contributed by atoms with Gasteiger partial charge in [0.25, 0.3) is 0 Å². The summed E-state index contributed by atoms with van der Waals surface area (Å²) in [5.41, 5.74) is 5.13. The third kappa shape index (κ3) is 6.05. The van der Waals surface area contributed by atoms with Gasteiger partial charge in [-0.15, -0.1) is 0 Å². The van der Waals surface area contributed by atoms with Gasteiger partial charge in [-0.05, 0) is 0 Å². The first-order valence-electron chi connectivity index (χ1n) is 9.17. The average Bonchev–Trinajstić information content (AvgIpc) is 2.82. The number of halogens is 2. The number of hydrogen-bond acceptors (Lipinski definition) is 1. The van der Waals surface area contributed by atoms with Crippen molar-refractivity contribution in [1.29, 1.82) is 0 Å². The van der Waals surface area contributed by atoms with Crippen LogP contribution in [0.3, 0.4) is 0 Å². The van der Waals surface area contributed by atoms with Crippen molar-refractivity contribution in [3.05, 3.63) is 44.9 Å². The van der Waals surface area contributed by atoms with E-state index >= 15 is 0 Å². The Balaban J connectivity index is 0.00000312. The van der Waals surface area contributed by atoms with Gasteiger partial charge in [0.15, 0.2) is 0 Å². The topological polar surface area (TPSA) is 0 Å². The van der Waals surface area contributed by atoms with E-state index in [1.165, 1.54) is 17.7 Å². The van der Waals surface area contributed by atoms with Gasteiger partial charge in [-0.2, -0.15) is 0 Å². The molecule has 145 valence electrons. The van der Waals surface area contributed by atoms with Crippen molar-refractivity contribution in [2.24, 2.45) is 10.8 Å². The first-order valence-corrected chi connectivity index (χ1v) is 10.9. The summed E-state index contributed by atoms with van der Waals surface area (Å²) in [6.07, 6.45) is 13.2. The zero-order chi connectivity index (χ0) is 18.2. The summed E-state index contributed by atoms with van der Waals surface area (Å²) in [4.78, 5) is 0. The number of hydrogen-bond donors (Lipinski definition) is 0. The molecule has 0 N–H and O–H groups in total. The minimum Gasteiger partial charge on any atom is -1.00 e. The van der Waals surface area contributed by atoms with Crippen molar-refractivity contribution in [3.63, 3.8) is 0 Å². The van der Waals surface area contributed by atoms with Gasteiger partial charge in [0, 0.05) is 0 Å². The summed E-state index contributed by atoms with van der Waals surface area (Å²) in [6.45, 7) is 16.5. The molecule has 0 radical (unpaired) electrons. The van der Waals surface area contributed by atoms with Crippen LogP contribution in [0.5, 0.6) is 0 Å². The molecule has 0 aliphatic heterocycles. The molecule has 1 atom stereocenters. The molecule has 0 bridgehead atoms. The van der Waals surface area contributed by atoms with Gasteiger partial charge >= 0.3 is 166 Å². The van der Waals surface area contributed by atoms with Gasteiger partial charge in [-0.25, -0.2) is 0 Å². The van der Waals surface area contributed by atoms with Crippen LogP contribution >= 0.6 is 11.8 Å². The molecule has 4 heteroatoms. The van der Waals surface area contributed by atoms with Crippen LogP contribution in [0.4, 0.5) is 0 Å². The van der Waals surface area contributed by atoms with E-state index in [9.17, 15) is 0 Å². The monoisotopic (exact) mass is 447 g/mol. The number of thioether (sulfide) groups is 1. The molecule has 0 spiro atoms. The Labute approximate surface area is 190 Å². The summed E-state index contributed by atoms with van der Waals surface area (Å²) in [5, 5.41) is 0. The molecular formula is C22H33Cl2STi. The molecule has 0 aromatic carbocycles. The second-order valence-corrected chi connectivity index (χ2v) is 11.7. The zero-order valence-corrected chi connectivity index (χ0v) is 21.2. The minimum atomic E-state index is 0. The molecule has 1 unspecified atom stereocenters. The van der Waals surface area contributed by atoms with E-state index in [0.29, 0.717) is 0 Å². The van der Waals surface area contributed by atoms with Crippen molar-refractivity contribution in [1.82, 2.24) is 0 Å². The van der Waals surface area contributed by atoms with Crippen LogP contribution in [0.1, 0.15) is 67.7 Å². The van der Waals surface area contributed by atoms with Gasteiger partial charge in [-0.1, -0.05) is 0 Å². The van der Waals surface area contributed by atoms with Crippen LogP contribution in [0.25, 0.3) is 0 Å². The fraction of sp³-hybridized carbons (Fsp3) is 0.636. The predicted octanol–water partition coefficient (Wildman–Crippen LogP) is 0.986. The molecule has 0 saturated heterocycles. The van der Waals surface area contributed by atoms with E-state index in [4.69, 9.17) is 0 Å². The Morgan fingerprint density at radius 1 is 1.08 bits per heavy atom. The molecule has 0 nitrogen and oxygen atoms in total. The van der Waals surface area contributed by atoms with Gasteiger partial charge in [-0.3, -0.25) is 0 Å². The first-order chi connectivity index (χ1) is 11.0. The van der Waals surface area contributed by atoms with Crippen molar-refractivity contribution in [3.8, 4) is 0 Å². The normalized spacial score (nSPS) is 23.3. The summed E-state index contributed by atoms with van der Waals surface area (Å²) < 4.78 is 1.78. The third-order valence-electron chi connectivity index (χ3n) is 5.04. The molecule has 0 aromatic heterocycles. The quantitative estimate of drug-likeness (QED) is 0.579.